The summed E-state index contributed by atoms with van der Waals surface area (Å²) >= 11 is 0. The minimum absolute atomic E-state index is 0.0498. The van der Waals surface area contributed by atoms with Crippen molar-refractivity contribution < 1.29 is 19.8 Å². The second-order valence-corrected chi connectivity index (χ2v) is 2.51. The van der Waals surface area contributed by atoms with Crippen LogP contribution in [0.2, 0.25) is 0 Å². The zero-order chi connectivity index (χ0) is 8.65. The van der Waals surface area contributed by atoms with Gasteiger partial charge < -0.3 is 10.2 Å². The van der Waals surface area contributed by atoms with Gasteiger partial charge in [0.2, 0.25) is 0 Å². The van der Waals surface area contributed by atoms with Crippen LogP contribution in [0.5, 0.6) is 0 Å². The number of rotatable bonds is 2. The topological polar surface area (TPSA) is 74.6 Å². The lowest BCUT2D eigenvalue weighted by atomic mass is 10.1. The van der Waals surface area contributed by atoms with Gasteiger partial charge in [0, 0.05) is 5.92 Å². The van der Waals surface area contributed by atoms with Gasteiger partial charge in [-0.15, -0.1) is 12.3 Å². The van der Waals surface area contributed by atoms with Gasteiger partial charge >= 0.3 is 11.9 Å². The van der Waals surface area contributed by atoms with Gasteiger partial charge in [-0.3, -0.25) is 9.59 Å². The lowest BCUT2D eigenvalue weighted by Gasteiger charge is -2.01. The summed E-state index contributed by atoms with van der Waals surface area (Å²) in [6.45, 7) is 0. The van der Waals surface area contributed by atoms with Gasteiger partial charge in [0.1, 0.15) is 0 Å². The molecule has 0 aliphatic heterocycles. The summed E-state index contributed by atoms with van der Waals surface area (Å²) in [4.78, 5) is 20.8. The van der Waals surface area contributed by atoms with Crippen molar-refractivity contribution in [3.05, 3.63) is 0 Å². The van der Waals surface area contributed by atoms with E-state index >= 15 is 0 Å². The van der Waals surface area contributed by atoms with Gasteiger partial charge in [0.15, 0.2) is 5.41 Å². The molecule has 0 saturated heterocycles. The van der Waals surface area contributed by atoms with Crippen molar-refractivity contribution in [2.75, 3.05) is 0 Å². The van der Waals surface area contributed by atoms with E-state index in [-0.39, 0.29) is 6.42 Å². The van der Waals surface area contributed by atoms with E-state index in [0.717, 1.165) is 0 Å². The van der Waals surface area contributed by atoms with Gasteiger partial charge in [-0.05, 0) is 6.42 Å². The summed E-state index contributed by atoms with van der Waals surface area (Å²) in [6, 6.07) is 0. The third-order valence-corrected chi connectivity index (χ3v) is 1.93. The van der Waals surface area contributed by atoms with E-state index in [4.69, 9.17) is 16.6 Å². The molecule has 2 N–H and O–H groups in total. The summed E-state index contributed by atoms with van der Waals surface area (Å²) in [5, 5.41) is 17.0. The number of aliphatic carboxylic acids is 2. The molecule has 1 rings (SSSR count). The number of carboxylic acid groups (broad SMARTS) is 2. The molecule has 0 heterocycles. The molecular weight excluding hydrogens is 148 g/mol. The van der Waals surface area contributed by atoms with Crippen molar-refractivity contribution >= 4 is 11.9 Å². The molecule has 11 heavy (non-hydrogen) atoms. The van der Waals surface area contributed by atoms with E-state index in [1.807, 2.05) is 0 Å². The van der Waals surface area contributed by atoms with Crippen LogP contribution in [0.25, 0.3) is 0 Å². The Morgan fingerprint density at radius 1 is 1.45 bits per heavy atom. The van der Waals surface area contributed by atoms with Crippen molar-refractivity contribution in [3.63, 3.8) is 0 Å². The summed E-state index contributed by atoms with van der Waals surface area (Å²) < 4.78 is 0. The lowest BCUT2D eigenvalue weighted by molar-refractivity contribution is -0.157. The first-order valence-electron chi connectivity index (χ1n) is 2.98. The van der Waals surface area contributed by atoms with Crippen LogP contribution in [0.1, 0.15) is 6.42 Å². The van der Waals surface area contributed by atoms with Crippen LogP contribution >= 0.6 is 0 Å². The van der Waals surface area contributed by atoms with Gasteiger partial charge in [-0.1, -0.05) is 0 Å². The average molecular weight is 154 g/mol. The highest BCUT2D eigenvalue weighted by Crippen LogP contribution is 2.52. The number of hydrogen-bond acceptors (Lipinski definition) is 2. The molecule has 4 heteroatoms. The van der Waals surface area contributed by atoms with Crippen LogP contribution in [0.4, 0.5) is 0 Å². The molecule has 1 aliphatic rings. The maximum Gasteiger partial charge on any atom is 0.322 e. The van der Waals surface area contributed by atoms with E-state index in [9.17, 15) is 9.59 Å². The lowest BCUT2D eigenvalue weighted by Crippen LogP contribution is -2.27. The Balaban J connectivity index is 2.90. The van der Waals surface area contributed by atoms with Crippen LogP contribution in [0, 0.1) is 23.7 Å². The Hall–Kier alpha value is -1.50. The molecule has 0 aromatic rings. The second kappa shape index (κ2) is 1.99. The highest BCUT2D eigenvalue weighted by atomic mass is 16.4. The summed E-state index contributed by atoms with van der Waals surface area (Å²) in [7, 11) is 0. The molecule has 0 amide bonds. The van der Waals surface area contributed by atoms with Crippen molar-refractivity contribution in [1.82, 2.24) is 0 Å². The van der Waals surface area contributed by atoms with Gasteiger partial charge in [0.05, 0.1) is 0 Å². The highest BCUT2D eigenvalue weighted by molar-refractivity contribution is 6.02. The molecule has 0 aromatic heterocycles. The quantitative estimate of drug-likeness (QED) is 0.426. The van der Waals surface area contributed by atoms with Crippen LogP contribution in [-0.2, 0) is 9.59 Å². The Bertz CT molecular complexity index is 246. The zero-order valence-electron chi connectivity index (χ0n) is 5.57. The smallest absolute Gasteiger partial charge is 0.322 e. The molecule has 4 nitrogen and oxygen atoms in total. The van der Waals surface area contributed by atoms with E-state index in [1.54, 1.807) is 0 Å². The Morgan fingerprint density at radius 3 is 2.00 bits per heavy atom. The van der Waals surface area contributed by atoms with Crippen molar-refractivity contribution in [1.29, 1.82) is 0 Å². The molecule has 1 atom stereocenters. The van der Waals surface area contributed by atoms with Crippen molar-refractivity contribution in [3.8, 4) is 12.3 Å². The predicted octanol–water partition coefficient (Wildman–Crippen LogP) is -0.205. The fourth-order valence-corrected chi connectivity index (χ4v) is 1.03. The predicted molar refractivity (Wildman–Crippen MR) is 34.6 cm³/mol. The molecule has 58 valence electrons. The molecule has 1 saturated carbocycles. The SMILES string of the molecule is C#CC1CC1(C(=O)O)C(=O)O. The zero-order valence-corrected chi connectivity index (χ0v) is 5.57. The molecule has 1 fully saturated rings. The molecular formula is C7H6O4. The van der Waals surface area contributed by atoms with Crippen LogP contribution in [0.15, 0.2) is 0 Å². The Kier molecular flexibility index (Phi) is 1.38. The van der Waals surface area contributed by atoms with Crippen LogP contribution in [-0.4, -0.2) is 22.2 Å². The van der Waals surface area contributed by atoms with Crippen molar-refractivity contribution in [2.45, 2.75) is 6.42 Å². The molecule has 0 bridgehead atoms. The number of hydrogen-bond donors (Lipinski definition) is 2. The number of carbonyl (C=O) groups is 2. The summed E-state index contributed by atoms with van der Waals surface area (Å²) in [5.74, 6) is -1.19. The van der Waals surface area contributed by atoms with Gasteiger partial charge in [-0.2, -0.15) is 0 Å². The Morgan fingerprint density at radius 2 is 1.91 bits per heavy atom. The van der Waals surface area contributed by atoms with E-state index in [2.05, 4.69) is 5.92 Å². The number of carboxylic acids is 2. The molecule has 0 radical (unpaired) electrons. The van der Waals surface area contributed by atoms with Gasteiger partial charge in [0.25, 0.3) is 0 Å². The molecule has 1 aliphatic carbocycles. The molecule has 0 spiro atoms. The second-order valence-electron chi connectivity index (χ2n) is 2.51. The summed E-state index contributed by atoms with van der Waals surface area (Å²) in [5.41, 5.74) is -1.69. The van der Waals surface area contributed by atoms with E-state index in [1.165, 1.54) is 0 Å². The largest absolute Gasteiger partial charge is 0.480 e. The first kappa shape index (κ1) is 7.61. The first-order chi connectivity index (χ1) is 5.05. The third kappa shape index (κ3) is 0.777. The average Bonchev–Trinajstić information content (AvgIpc) is 2.61. The van der Waals surface area contributed by atoms with E-state index < -0.39 is 23.3 Å². The maximum absolute atomic E-state index is 10.4. The molecule has 1 unspecified atom stereocenters. The number of terminal acetylenes is 1. The fourth-order valence-electron chi connectivity index (χ4n) is 1.03. The van der Waals surface area contributed by atoms with Crippen LogP contribution in [0.3, 0.4) is 0 Å². The highest BCUT2D eigenvalue weighted by Gasteiger charge is 2.66. The maximum atomic E-state index is 10.4. The minimum atomic E-state index is -1.69. The minimum Gasteiger partial charge on any atom is -0.480 e. The molecule has 0 aromatic carbocycles. The standard InChI is InChI=1S/C7H6O4/c1-2-4-3-7(4,5(8)9)6(10)11/h1,4H,3H2,(H,8,9)(H,10,11). The Labute approximate surface area is 62.8 Å². The van der Waals surface area contributed by atoms with E-state index in [0.29, 0.717) is 0 Å². The summed E-state index contributed by atoms with van der Waals surface area (Å²) in [6.07, 6.45) is 4.96. The van der Waals surface area contributed by atoms with Crippen LogP contribution < -0.4 is 0 Å². The fraction of sp³-hybridized carbons (Fsp3) is 0.429. The van der Waals surface area contributed by atoms with Gasteiger partial charge in [-0.25, -0.2) is 0 Å². The monoisotopic (exact) mass is 154 g/mol. The normalized spacial score (nSPS) is 25.2. The third-order valence-electron chi connectivity index (χ3n) is 1.93. The van der Waals surface area contributed by atoms with Crippen molar-refractivity contribution in [2.24, 2.45) is 11.3 Å². The first-order valence-corrected chi connectivity index (χ1v) is 2.98.